The van der Waals surface area contributed by atoms with Gasteiger partial charge >= 0.3 is 0 Å². The van der Waals surface area contributed by atoms with Crippen molar-refractivity contribution in [3.8, 4) is 0 Å². The van der Waals surface area contributed by atoms with Crippen molar-refractivity contribution in [2.45, 2.75) is 56.4 Å². The van der Waals surface area contributed by atoms with Gasteiger partial charge in [-0.25, -0.2) is 8.42 Å². The summed E-state index contributed by atoms with van der Waals surface area (Å²) >= 11 is 0. The van der Waals surface area contributed by atoms with Crippen molar-refractivity contribution in [2.24, 2.45) is 0 Å². The molecule has 24 heavy (non-hydrogen) atoms. The van der Waals surface area contributed by atoms with Crippen molar-refractivity contribution < 1.29 is 13.2 Å². The number of amides is 1. The Morgan fingerprint density at radius 3 is 2.50 bits per heavy atom. The van der Waals surface area contributed by atoms with Gasteiger partial charge in [0.25, 0.3) is 0 Å². The lowest BCUT2D eigenvalue weighted by Crippen LogP contribution is -2.35. The van der Waals surface area contributed by atoms with Crippen molar-refractivity contribution in [1.82, 2.24) is 9.21 Å². The molecule has 6 heteroatoms. The van der Waals surface area contributed by atoms with E-state index in [1.165, 1.54) is 0 Å². The number of hydrogen-bond acceptors (Lipinski definition) is 3. The Morgan fingerprint density at radius 2 is 1.88 bits per heavy atom. The van der Waals surface area contributed by atoms with Crippen LogP contribution in [0.4, 0.5) is 0 Å². The van der Waals surface area contributed by atoms with E-state index in [1.807, 2.05) is 24.0 Å². The van der Waals surface area contributed by atoms with Crippen LogP contribution >= 0.6 is 0 Å². The van der Waals surface area contributed by atoms with Crippen molar-refractivity contribution in [2.75, 3.05) is 19.6 Å². The molecule has 5 nitrogen and oxygen atoms in total. The molecule has 0 radical (unpaired) electrons. The molecular weight excluding hydrogens is 324 g/mol. The highest BCUT2D eigenvalue weighted by atomic mass is 32.2. The largest absolute Gasteiger partial charge is 0.342 e. The van der Waals surface area contributed by atoms with Gasteiger partial charge in [0.1, 0.15) is 0 Å². The molecule has 0 aliphatic carbocycles. The van der Waals surface area contributed by atoms with Crippen LogP contribution in [0.25, 0.3) is 0 Å². The lowest BCUT2D eigenvalue weighted by atomic mass is 10.1. The summed E-state index contributed by atoms with van der Waals surface area (Å²) < 4.78 is 27.3. The Morgan fingerprint density at radius 1 is 1.12 bits per heavy atom. The smallest absolute Gasteiger partial charge is 0.243 e. The van der Waals surface area contributed by atoms with Crippen molar-refractivity contribution in [3.05, 3.63) is 29.8 Å². The Labute approximate surface area is 144 Å². The zero-order valence-electron chi connectivity index (χ0n) is 14.3. The van der Waals surface area contributed by atoms with Gasteiger partial charge in [-0.05, 0) is 49.8 Å². The summed E-state index contributed by atoms with van der Waals surface area (Å²) in [6, 6.07) is 7.31. The molecule has 1 aromatic carbocycles. The molecule has 2 aliphatic heterocycles. The van der Waals surface area contributed by atoms with Crippen LogP contribution in [0.5, 0.6) is 0 Å². The molecule has 2 aliphatic rings. The SMILES string of the molecule is CCC1CCCN1S(=O)(=O)c1ccc(CCN2CCCC2=O)cc1. The zero-order valence-corrected chi connectivity index (χ0v) is 15.1. The first-order chi connectivity index (χ1) is 11.5. The van der Waals surface area contributed by atoms with E-state index in [4.69, 9.17) is 0 Å². The van der Waals surface area contributed by atoms with Gasteiger partial charge in [-0.2, -0.15) is 4.31 Å². The minimum Gasteiger partial charge on any atom is -0.342 e. The van der Waals surface area contributed by atoms with E-state index in [0.29, 0.717) is 17.9 Å². The number of carbonyl (C=O) groups excluding carboxylic acids is 1. The number of hydrogen-bond donors (Lipinski definition) is 0. The summed E-state index contributed by atoms with van der Waals surface area (Å²) in [5.74, 6) is 0.230. The molecule has 3 rings (SSSR count). The second-order valence-electron chi connectivity index (χ2n) is 6.70. The Bertz CT molecular complexity index is 685. The highest BCUT2D eigenvalue weighted by Crippen LogP contribution is 2.27. The number of sulfonamides is 1. The Hall–Kier alpha value is -1.40. The lowest BCUT2D eigenvalue weighted by molar-refractivity contribution is -0.127. The zero-order chi connectivity index (χ0) is 17.2. The van der Waals surface area contributed by atoms with Gasteiger partial charge in [-0.1, -0.05) is 19.1 Å². The van der Waals surface area contributed by atoms with E-state index in [1.54, 1.807) is 16.4 Å². The molecule has 2 heterocycles. The van der Waals surface area contributed by atoms with E-state index in [9.17, 15) is 13.2 Å². The van der Waals surface area contributed by atoms with Crippen molar-refractivity contribution in [3.63, 3.8) is 0 Å². The van der Waals surface area contributed by atoms with Crippen LogP contribution in [0.15, 0.2) is 29.2 Å². The van der Waals surface area contributed by atoms with Crippen LogP contribution in [-0.2, 0) is 21.2 Å². The van der Waals surface area contributed by atoms with Gasteiger partial charge in [0.05, 0.1) is 4.90 Å². The number of benzene rings is 1. The first-order valence-corrected chi connectivity index (χ1v) is 10.3. The second kappa shape index (κ2) is 7.23. The Balaban J connectivity index is 1.66. The molecule has 0 aromatic heterocycles. The third kappa shape index (κ3) is 3.49. The topological polar surface area (TPSA) is 57.7 Å². The highest BCUT2D eigenvalue weighted by Gasteiger charge is 2.34. The van der Waals surface area contributed by atoms with Gasteiger partial charge in [0.2, 0.25) is 15.9 Å². The molecule has 0 N–H and O–H groups in total. The monoisotopic (exact) mass is 350 g/mol. The number of carbonyl (C=O) groups is 1. The van der Waals surface area contributed by atoms with E-state index >= 15 is 0 Å². The number of rotatable bonds is 6. The molecule has 0 spiro atoms. The first-order valence-electron chi connectivity index (χ1n) is 8.91. The summed E-state index contributed by atoms with van der Waals surface area (Å²) in [5.41, 5.74) is 1.07. The molecule has 1 atom stereocenters. The third-order valence-electron chi connectivity index (χ3n) is 5.17. The quantitative estimate of drug-likeness (QED) is 0.792. The maximum atomic E-state index is 12.8. The average molecular weight is 350 g/mol. The van der Waals surface area contributed by atoms with E-state index in [-0.39, 0.29) is 11.9 Å². The maximum absolute atomic E-state index is 12.8. The summed E-state index contributed by atoms with van der Waals surface area (Å²) in [6.45, 7) is 4.23. The fraction of sp³-hybridized carbons (Fsp3) is 0.611. The van der Waals surface area contributed by atoms with E-state index in [0.717, 1.165) is 50.8 Å². The Kier molecular flexibility index (Phi) is 5.25. The molecule has 1 unspecified atom stereocenters. The molecule has 0 bridgehead atoms. The van der Waals surface area contributed by atoms with Crippen LogP contribution < -0.4 is 0 Å². The molecule has 2 saturated heterocycles. The van der Waals surface area contributed by atoms with Gasteiger partial charge in [-0.15, -0.1) is 0 Å². The minimum atomic E-state index is -3.39. The summed E-state index contributed by atoms with van der Waals surface area (Å²) in [7, 11) is -3.39. The predicted molar refractivity (Wildman–Crippen MR) is 93.2 cm³/mol. The summed E-state index contributed by atoms with van der Waals surface area (Å²) in [5, 5.41) is 0. The minimum absolute atomic E-state index is 0.135. The third-order valence-corrected chi connectivity index (χ3v) is 7.13. The van der Waals surface area contributed by atoms with Crippen LogP contribution in [0.1, 0.15) is 44.6 Å². The van der Waals surface area contributed by atoms with Gasteiger partial charge in [0.15, 0.2) is 0 Å². The summed E-state index contributed by atoms with van der Waals surface area (Å²) in [6.07, 6.45) is 5.14. The van der Waals surface area contributed by atoms with Gasteiger partial charge < -0.3 is 4.90 Å². The normalized spacial score (nSPS) is 22.5. The standard InChI is InChI=1S/C18H26N2O3S/c1-2-16-5-3-13-20(16)24(22,23)17-9-7-15(8-10-17)11-14-19-12-4-6-18(19)21/h7-10,16H,2-6,11-14H2,1H3. The first kappa shape index (κ1) is 17.4. The van der Waals surface area contributed by atoms with Crippen molar-refractivity contribution >= 4 is 15.9 Å². The van der Waals surface area contributed by atoms with Crippen LogP contribution in [0.2, 0.25) is 0 Å². The molecule has 0 saturated carbocycles. The molecule has 1 aromatic rings. The van der Waals surface area contributed by atoms with E-state index in [2.05, 4.69) is 0 Å². The highest BCUT2D eigenvalue weighted by molar-refractivity contribution is 7.89. The number of nitrogens with zero attached hydrogens (tertiary/aromatic N) is 2. The molecule has 2 fully saturated rings. The fourth-order valence-electron chi connectivity index (χ4n) is 3.70. The molecular formula is C18H26N2O3S. The van der Waals surface area contributed by atoms with Crippen LogP contribution in [-0.4, -0.2) is 49.2 Å². The van der Waals surface area contributed by atoms with Gasteiger partial charge in [0, 0.05) is 32.1 Å². The number of likely N-dealkylation sites (tertiary alicyclic amines) is 1. The van der Waals surface area contributed by atoms with E-state index < -0.39 is 10.0 Å². The fourth-order valence-corrected chi connectivity index (χ4v) is 5.47. The predicted octanol–water partition coefficient (Wildman–Crippen LogP) is 2.41. The average Bonchev–Trinajstić information content (AvgIpc) is 3.22. The second-order valence-corrected chi connectivity index (χ2v) is 8.59. The maximum Gasteiger partial charge on any atom is 0.243 e. The van der Waals surface area contributed by atoms with Crippen LogP contribution in [0.3, 0.4) is 0 Å². The van der Waals surface area contributed by atoms with Crippen molar-refractivity contribution in [1.29, 1.82) is 0 Å². The summed E-state index contributed by atoms with van der Waals surface area (Å²) in [4.78, 5) is 13.9. The molecule has 132 valence electrons. The lowest BCUT2D eigenvalue weighted by Gasteiger charge is -2.23. The van der Waals surface area contributed by atoms with Crippen LogP contribution in [0, 0.1) is 0 Å². The molecule has 1 amide bonds. The van der Waals surface area contributed by atoms with Gasteiger partial charge in [-0.3, -0.25) is 4.79 Å².